The number of methoxy groups -OCH3 is 1. The van der Waals surface area contributed by atoms with E-state index in [2.05, 4.69) is 28.6 Å². The molecule has 8 nitrogen and oxygen atoms in total. The van der Waals surface area contributed by atoms with Gasteiger partial charge in [-0.1, -0.05) is 6.07 Å². The summed E-state index contributed by atoms with van der Waals surface area (Å²) in [5.41, 5.74) is 3.05. The van der Waals surface area contributed by atoms with Crippen molar-refractivity contribution in [2.75, 3.05) is 38.7 Å². The highest BCUT2D eigenvalue weighted by molar-refractivity contribution is 5.75. The number of pyridine rings is 1. The zero-order chi connectivity index (χ0) is 25.2. The second-order valence-electron chi connectivity index (χ2n) is 9.81. The number of aryl methyl sites for hydroxylation is 2. The van der Waals surface area contributed by atoms with Gasteiger partial charge in [0.05, 0.1) is 12.2 Å². The fourth-order valence-corrected chi connectivity index (χ4v) is 4.87. The average Bonchev–Trinajstić information content (AvgIpc) is 3.32. The Labute approximate surface area is 214 Å². The molecule has 0 bridgehead atoms. The molecule has 2 aromatic rings. The number of carboxylic acids is 1. The summed E-state index contributed by atoms with van der Waals surface area (Å²) in [7, 11) is 1.78. The van der Waals surface area contributed by atoms with Gasteiger partial charge in [-0.15, -0.1) is 0 Å². The fraction of sp³-hybridized carbons (Fsp3) is 0.607. The molecule has 4 heterocycles. The van der Waals surface area contributed by atoms with E-state index in [1.165, 1.54) is 31.2 Å². The van der Waals surface area contributed by atoms with Crippen molar-refractivity contribution in [3.8, 4) is 0 Å². The molecule has 2 atom stereocenters. The number of unbranched alkanes of at least 4 members (excludes halogenated alkanes) is 1. The van der Waals surface area contributed by atoms with Crippen molar-refractivity contribution in [3.05, 3.63) is 53.5 Å². The summed E-state index contributed by atoms with van der Waals surface area (Å²) in [6.07, 6.45) is 15.2. The molecule has 2 fully saturated rings. The number of carboxylic acid groups (broad SMARTS) is 1. The van der Waals surface area contributed by atoms with Gasteiger partial charge in [0.25, 0.3) is 0 Å². The van der Waals surface area contributed by atoms with Gasteiger partial charge in [0.2, 0.25) is 0 Å². The van der Waals surface area contributed by atoms with Gasteiger partial charge < -0.3 is 19.9 Å². The number of rotatable bonds is 10. The van der Waals surface area contributed by atoms with E-state index in [0.717, 1.165) is 50.2 Å². The Morgan fingerprint density at radius 3 is 2.83 bits per heavy atom. The SMILES string of the molecule is COC1CCC1.O=C(O)C(c1c#[n+]ccc1)N1CCC(OCCCCc2ccc3c(n2)NCCC3)C1. The fourth-order valence-electron chi connectivity index (χ4n) is 4.87. The van der Waals surface area contributed by atoms with Crippen molar-refractivity contribution >= 4 is 11.8 Å². The van der Waals surface area contributed by atoms with Crippen LogP contribution < -0.4 is 10.3 Å². The molecule has 0 spiro atoms. The molecule has 1 saturated heterocycles. The molecule has 2 aromatic heterocycles. The van der Waals surface area contributed by atoms with Crippen LogP contribution in [0.4, 0.5) is 5.82 Å². The van der Waals surface area contributed by atoms with Crippen molar-refractivity contribution < 1.29 is 24.4 Å². The molecule has 194 valence electrons. The normalized spacial score (nSPS) is 20.2. The number of anilines is 1. The van der Waals surface area contributed by atoms with E-state index < -0.39 is 12.0 Å². The van der Waals surface area contributed by atoms with Crippen LogP contribution in [0, 0.1) is 6.20 Å². The van der Waals surface area contributed by atoms with Gasteiger partial charge in [-0.2, -0.15) is 0 Å². The van der Waals surface area contributed by atoms with Crippen LogP contribution in [0.3, 0.4) is 0 Å². The summed E-state index contributed by atoms with van der Waals surface area (Å²) < 4.78 is 11.0. The maximum atomic E-state index is 11.8. The van der Waals surface area contributed by atoms with Crippen LogP contribution in [-0.2, 0) is 27.1 Å². The zero-order valence-electron chi connectivity index (χ0n) is 21.3. The van der Waals surface area contributed by atoms with Gasteiger partial charge in [-0.25, -0.2) is 4.98 Å². The predicted molar refractivity (Wildman–Crippen MR) is 136 cm³/mol. The number of nitrogens with zero attached hydrogens (tertiary/aromatic N) is 3. The van der Waals surface area contributed by atoms with Crippen LogP contribution >= 0.6 is 0 Å². The van der Waals surface area contributed by atoms with Gasteiger partial charge in [-0.05, 0) is 80.5 Å². The first kappa shape index (κ1) is 26.3. The number of aliphatic carboxylic acids is 1. The first-order valence-electron chi connectivity index (χ1n) is 13.3. The molecule has 0 radical (unpaired) electrons. The summed E-state index contributed by atoms with van der Waals surface area (Å²) in [5, 5.41) is 13.0. The lowest BCUT2D eigenvalue weighted by molar-refractivity contribution is -0.294. The van der Waals surface area contributed by atoms with Gasteiger partial charge in [0, 0.05) is 45.1 Å². The minimum atomic E-state index is -0.869. The molecule has 0 amide bonds. The third kappa shape index (κ3) is 7.39. The van der Waals surface area contributed by atoms with Crippen molar-refractivity contribution in [1.29, 1.82) is 0 Å². The molecular weight excluding hydrogens is 456 g/mol. The molecule has 1 aliphatic carbocycles. The number of nitrogens with one attached hydrogen (secondary N) is 1. The molecule has 1 saturated carbocycles. The summed E-state index contributed by atoms with van der Waals surface area (Å²) in [4.78, 5) is 22.4. The van der Waals surface area contributed by atoms with Crippen LogP contribution in [0.5, 0.6) is 0 Å². The predicted octanol–water partition coefficient (Wildman–Crippen LogP) is 3.26. The van der Waals surface area contributed by atoms with Gasteiger partial charge in [0.1, 0.15) is 17.4 Å². The van der Waals surface area contributed by atoms with E-state index >= 15 is 0 Å². The molecule has 0 aromatic carbocycles. The molecule has 3 aliphatic rings. The summed E-state index contributed by atoms with van der Waals surface area (Å²) in [6.45, 7) is 3.03. The number of likely N-dealkylation sites (tertiary alicyclic amines) is 1. The third-order valence-electron chi connectivity index (χ3n) is 7.22. The van der Waals surface area contributed by atoms with E-state index in [9.17, 15) is 9.90 Å². The Kier molecular flexibility index (Phi) is 9.91. The number of fused-ring (bicyclic) bond motifs is 1. The largest absolute Gasteiger partial charge is 0.480 e. The Morgan fingerprint density at radius 1 is 1.25 bits per heavy atom. The number of ether oxygens (including phenoxy) is 2. The van der Waals surface area contributed by atoms with Gasteiger partial charge in [0.15, 0.2) is 0 Å². The second-order valence-corrected chi connectivity index (χ2v) is 9.81. The summed E-state index contributed by atoms with van der Waals surface area (Å²) >= 11 is 0. The lowest BCUT2D eigenvalue weighted by Crippen LogP contribution is -2.33. The Bertz CT molecular complexity index is 951. The van der Waals surface area contributed by atoms with E-state index in [1.807, 2.05) is 4.90 Å². The van der Waals surface area contributed by atoms with Gasteiger partial charge in [-0.3, -0.25) is 9.69 Å². The monoisotopic (exact) mass is 495 g/mol. The van der Waals surface area contributed by atoms with Crippen LogP contribution in [0.1, 0.15) is 67.8 Å². The minimum Gasteiger partial charge on any atom is -0.480 e. The number of hydrogen-bond acceptors (Lipinski definition) is 6. The first-order chi connectivity index (χ1) is 17.6. The quantitative estimate of drug-likeness (QED) is 0.485. The number of carbonyl (C=O) groups is 1. The highest BCUT2D eigenvalue weighted by Crippen LogP contribution is 2.26. The molecule has 8 heteroatoms. The molecule has 2 aliphatic heterocycles. The second kappa shape index (κ2) is 13.5. The van der Waals surface area contributed by atoms with Crippen molar-refractivity contribution in [2.24, 2.45) is 0 Å². The summed E-state index contributed by atoms with van der Waals surface area (Å²) in [6, 6.07) is 7.15. The highest BCUT2D eigenvalue weighted by Gasteiger charge is 2.35. The molecule has 36 heavy (non-hydrogen) atoms. The number of aromatic nitrogens is 2. The average molecular weight is 496 g/mol. The topological polar surface area (TPSA) is 98.0 Å². The molecule has 5 rings (SSSR count). The van der Waals surface area contributed by atoms with E-state index in [4.69, 9.17) is 14.5 Å². The van der Waals surface area contributed by atoms with Crippen LogP contribution in [0.2, 0.25) is 0 Å². The Morgan fingerprint density at radius 2 is 2.14 bits per heavy atom. The Hall–Kier alpha value is -2.73. The van der Waals surface area contributed by atoms with Crippen LogP contribution in [0.15, 0.2) is 30.5 Å². The van der Waals surface area contributed by atoms with Crippen LogP contribution in [0.25, 0.3) is 0 Å². The zero-order valence-corrected chi connectivity index (χ0v) is 21.3. The summed E-state index contributed by atoms with van der Waals surface area (Å²) in [5.74, 6) is 0.187. The van der Waals surface area contributed by atoms with Gasteiger partial charge >= 0.3 is 18.4 Å². The lowest BCUT2D eigenvalue weighted by Gasteiger charge is -2.22. The maximum absolute atomic E-state index is 11.8. The molecule has 2 unspecified atom stereocenters. The molecular formula is C28H39N4O4+. The van der Waals surface area contributed by atoms with Crippen molar-refractivity contribution in [1.82, 2.24) is 9.88 Å². The lowest BCUT2D eigenvalue weighted by atomic mass is 9.96. The van der Waals surface area contributed by atoms with Crippen LogP contribution in [-0.4, -0.2) is 66.5 Å². The van der Waals surface area contributed by atoms with Crippen molar-refractivity contribution in [2.45, 2.75) is 76.0 Å². The Balaban J connectivity index is 0.000000445. The number of hydrogen-bond donors (Lipinski definition) is 2. The maximum Gasteiger partial charge on any atom is 0.326 e. The van der Waals surface area contributed by atoms with E-state index in [-0.39, 0.29) is 6.10 Å². The van der Waals surface area contributed by atoms with E-state index in [1.54, 1.807) is 25.4 Å². The smallest absolute Gasteiger partial charge is 0.326 e. The standard InChI is InChI=1S/C23H28N4O3.C5H10O/c28-23(29)21(18-6-3-11-24-15-18)27-13-10-20(16-27)30-14-2-1-7-19-9-8-17-5-4-12-25-22(17)26-19;1-6-5-3-2-4-5/h3,6,8-9,11,20-21H,1-2,4-5,7,10,12-14,16H2,(H-,25,26,28,29);5H,2-4H2,1H3/p+1. The first-order valence-corrected chi connectivity index (χ1v) is 13.3. The third-order valence-corrected chi connectivity index (χ3v) is 7.22. The van der Waals surface area contributed by atoms with Crippen molar-refractivity contribution in [3.63, 3.8) is 0 Å². The van der Waals surface area contributed by atoms with E-state index in [0.29, 0.717) is 31.4 Å². The minimum absolute atomic E-state index is 0.0783. The highest BCUT2D eigenvalue weighted by atomic mass is 16.5. The molecule has 2 N–H and O–H groups in total.